The smallest absolute Gasteiger partial charge is 0.138 e. The average Bonchev–Trinajstić information content (AvgIpc) is 3.11. The number of Topliss-reactive ketones (excluding diaryl/α,β-unsaturated/α-hetero) is 2. The van der Waals surface area contributed by atoms with Crippen molar-refractivity contribution in [3.8, 4) is 0 Å². The number of hydrogen-bond donors (Lipinski definition) is 0. The quantitative estimate of drug-likeness (QED) is 0.0649. The molecule has 1 atom stereocenters. The number of rotatable bonds is 39. The van der Waals surface area contributed by atoms with Gasteiger partial charge in [-0.3, -0.25) is 9.59 Å². The molecular formula is C46H82O3. The zero-order valence-electron chi connectivity index (χ0n) is 32.9. The van der Waals surface area contributed by atoms with Gasteiger partial charge in [-0.25, -0.2) is 0 Å². The van der Waals surface area contributed by atoms with Crippen LogP contribution < -0.4 is 0 Å². The molecule has 0 saturated carbocycles. The predicted octanol–water partition coefficient (Wildman–Crippen LogP) is 14.9. The minimum atomic E-state index is -0.292. The maximum absolute atomic E-state index is 13.2. The van der Waals surface area contributed by atoms with Crippen molar-refractivity contribution in [3.63, 3.8) is 0 Å². The Balaban J connectivity index is 2.16. The van der Waals surface area contributed by atoms with Crippen LogP contribution in [0.5, 0.6) is 0 Å². The summed E-state index contributed by atoms with van der Waals surface area (Å²) < 4.78 is 5.99. The van der Waals surface area contributed by atoms with Crippen molar-refractivity contribution in [2.75, 3.05) is 6.61 Å². The summed E-state index contributed by atoms with van der Waals surface area (Å²) >= 11 is 0. The molecule has 0 radical (unpaired) electrons. The lowest BCUT2D eigenvalue weighted by atomic mass is 9.92. The first-order chi connectivity index (χ1) is 24.2. The summed E-state index contributed by atoms with van der Waals surface area (Å²) in [7, 11) is 0. The summed E-state index contributed by atoms with van der Waals surface area (Å²) in [6, 6.07) is 10.1. The fraction of sp³-hybridized carbons (Fsp3) is 0.826. The van der Waals surface area contributed by atoms with Crippen LogP contribution in [-0.4, -0.2) is 18.2 Å². The monoisotopic (exact) mass is 683 g/mol. The number of unbranched alkanes of at least 4 members (excludes halogenated alkanes) is 28. The molecule has 0 aliphatic rings. The lowest BCUT2D eigenvalue weighted by molar-refractivity contribution is -0.130. The van der Waals surface area contributed by atoms with E-state index in [1.165, 1.54) is 167 Å². The minimum absolute atomic E-state index is 0.229. The normalized spacial score (nSPS) is 12.0. The van der Waals surface area contributed by atoms with Crippen LogP contribution in [0.15, 0.2) is 30.3 Å². The molecule has 49 heavy (non-hydrogen) atoms. The number of carbonyl (C=O) groups is 2. The lowest BCUT2D eigenvalue weighted by Crippen LogP contribution is -2.23. The molecule has 0 N–H and O–H groups in total. The van der Waals surface area contributed by atoms with Crippen LogP contribution in [0.4, 0.5) is 0 Å². The summed E-state index contributed by atoms with van der Waals surface area (Å²) in [5.74, 6) is 0.180. The summed E-state index contributed by atoms with van der Waals surface area (Å²) in [6.45, 7) is 5.42. The van der Waals surface area contributed by atoms with E-state index in [1.807, 2.05) is 30.3 Å². The van der Waals surface area contributed by atoms with Gasteiger partial charge in [-0.1, -0.05) is 224 Å². The highest BCUT2D eigenvalue weighted by atomic mass is 16.5. The number of benzene rings is 1. The first-order valence-corrected chi connectivity index (χ1v) is 21.8. The Hall–Kier alpha value is -1.48. The summed E-state index contributed by atoms with van der Waals surface area (Å²) in [6.07, 6.45) is 41.3. The maximum Gasteiger partial charge on any atom is 0.138 e. The van der Waals surface area contributed by atoms with Crippen LogP contribution >= 0.6 is 0 Å². The van der Waals surface area contributed by atoms with Gasteiger partial charge in [-0.15, -0.1) is 0 Å². The van der Waals surface area contributed by atoms with E-state index in [1.54, 1.807) is 0 Å². The topological polar surface area (TPSA) is 43.4 Å². The molecule has 0 aliphatic heterocycles. The summed E-state index contributed by atoms with van der Waals surface area (Å²) in [5.41, 5.74) is 1.11. The standard InChI is InChI=1S/C46H82O3/c1-3-5-7-9-11-13-15-17-19-21-23-25-27-29-34-38-45(47)40-44(42-49-41-43-36-32-31-33-37-43)46(48)39-35-30-28-26-24-22-20-18-16-14-12-10-8-6-4-2/h31-33,36-37,44H,3-30,34-35,38-42H2,1-2H3. The molecule has 1 unspecified atom stereocenters. The van der Waals surface area contributed by atoms with Crippen LogP contribution in [0.1, 0.15) is 231 Å². The summed E-state index contributed by atoms with van der Waals surface area (Å²) in [4.78, 5) is 26.2. The molecule has 1 aromatic carbocycles. The van der Waals surface area contributed by atoms with Gasteiger partial charge in [0.25, 0.3) is 0 Å². The Kier molecular flexibility index (Phi) is 33.8. The first kappa shape index (κ1) is 45.5. The molecular weight excluding hydrogens is 601 g/mol. The van der Waals surface area contributed by atoms with Crippen molar-refractivity contribution in [2.24, 2.45) is 5.92 Å². The predicted molar refractivity (Wildman–Crippen MR) is 213 cm³/mol. The van der Waals surface area contributed by atoms with Crippen LogP contribution in [0.25, 0.3) is 0 Å². The number of ketones is 2. The zero-order valence-corrected chi connectivity index (χ0v) is 32.9. The molecule has 0 saturated heterocycles. The molecule has 0 aromatic heterocycles. The van der Waals surface area contributed by atoms with E-state index in [-0.39, 0.29) is 17.5 Å². The van der Waals surface area contributed by atoms with E-state index in [0.717, 1.165) is 31.2 Å². The highest BCUT2D eigenvalue weighted by Gasteiger charge is 2.21. The van der Waals surface area contributed by atoms with Crippen molar-refractivity contribution < 1.29 is 14.3 Å². The first-order valence-electron chi connectivity index (χ1n) is 21.8. The molecule has 0 amide bonds. The van der Waals surface area contributed by atoms with Gasteiger partial charge in [0.15, 0.2) is 0 Å². The Labute approximate surface area is 305 Å². The molecule has 1 aromatic rings. The van der Waals surface area contributed by atoms with Crippen molar-refractivity contribution >= 4 is 11.6 Å². The second kappa shape index (κ2) is 36.3. The Morgan fingerprint density at radius 2 is 0.816 bits per heavy atom. The van der Waals surface area contributed by atoms with Gasteiger partial charge in [0, 0.05) is 25.2 Å². The van der Waals surface area contributed by atoms with Gasteiger partial charge >= 0.3 is 0 Å². The molecule has 3 heteroatoms. The summed E-state index contributed by atoms with van der Waals surface area (Å²) in [5, 5.41) is 0. The number of carbonyl (C=O) groups excluding carboxylic acids is 2. The third kappa shape index (κ3) is 31.0. The third-order valence-corrected chi connectivity index (χ3v) is 10.4. The molecule has 1 rings (SSSR count). The van der Waals surface area contributed by atoms with Gasteiger partial charge in [0.2, 0.25) is 0 Å². The van der Waals surface area contributed by atoms with Crippen molar-refractivity contribution in [3.05, 3.63) is 35.9 Å². The van der Waals surface area contributed by atoms with Crippen LogP contribution in [0.3, 0.4) is 0 Å². The van der Waals surface area contributed by atoms with Gasteiger partial charge in [0.05, 0.1) is 13.2 Å². The van der Waals surface area contributed by atoms with E-state index >= 15 is 0 Å². The van der Waals surface area contributed by atoms with E-state index in [9.17, 15) is 9.59 Å². The molecule has 0 bridgehead atoms. The largest absolute Gasteiger partial charge is 0.376 e. The second-order valence-corrected chi connectivity index (χ2v) is 15.3. The Morgan fingerprint density at radius 3 is 1.20 bits per heavy atom. The fourth-order valence-electron chi connectivity index (χ4n) is 7.10. The van der Waals surface area contributed by atoms with E-state index in [4.69, 9.17) is 4.74 Å². The van der Waals surface area contributed by atoms with E-state index in [0.29, 0.717) is 32.5 Å². The van der Waals surface area contributed by atoms with Crippen LogP contribution in [0.2, 0.25) is 0 Å². The number of ether oxygens (including phenoxy) is 1. The minimum Gasteiger partial charge on any atom is -0.376 e. The molecule has 3 nitrogen and oxygen atoms in total. The highest BCUT2D eigenvalue weighted by Crippen LogP contribution is 2.19. The molecule has 0 spiro atoms. The van der Waals surface area contributed by atoms with E-state index in [2.05, 4.69) is 13.8 Å². The van der Waals surface area contributed by atoms with Gasteiger partial charge < -0.3 is 4.74 Å². The van der Waals surface area contributed by atoms with Crippen LogP contribution in [0, 0.1) is 5.92 Å². The molecule has 0 fully saturated rings. The van der Waals surface area contributed by atoms with Crippen molar-refractivity contribution in [1.82, 2.24) is 0 Å². The van der Waals surface area contributed by atoms with Gasteiger partial charge in [-0.2, -0.15) is 0 Å². The average molecular weight is 683 g/mol. The zero-order chi connectivity index (χ0) is 35.3. The maximum atomic E-state index is 13.2. The fourth-order valence-corrected chi connectivity index (χ4v) is 7.10. The third-order valence-electron chi connectivity index (χ3n) is 10.4. The number of hydrogen-bond acceptors (Lipinski definition) is 3. The van der Waals surface area contributed by atoms with Gasteiger partial charge in [0.1, 0.15) is 11.6 Å². The highest BCUT2D eigenvalue weighted by molar-refractivity contribution is 5.88. The Bertz CT molecular complexity index is 834. The van der Waals surface area contributed by atoms with Crippen LogP contribution in [-0.2, 0) is 20.9 Å². The Morgan fingerprint density at radius 1 is 0.469 bits per heavy atom. The molecule has 284 valence electrons. The second-order valence-electron chi connectivity index (χ2n) is 15.3. The SMILES string of the molecule is CCCCCCCCCCCCCCCCCC(=O)CC(COCc1ccccc1)C(=O)CCCCCCCCCCCCCCCCC. The van der Waals surface area contributed by atoms with Crippen molar-refractivity contribution in [2.45, 2.75) is 232 Å². The molecule has 0 aliphatic carbocycles. The van der Waals surface area contributed by atoms with E-state index < -0.39 is 0 Å². The van der Waals surface area contributed by atoms with Gasteiger partial charge in [-0.05, 0) is 18.4 Å². The lowest BCUT2D eigenvalue weighted by Gasteiger charge is -2.16. The molecule has 0 heterocycles. The van der Waals surface area contributed by atoms with Crippen molar-refractivity contribution in [1.29, 1.82) is 0 Å².